The molecule has 0 heterocycles. The smallest absolute Gasteiger partial charge is 0.329 e. The Bertz CT molecular complexity index is 1280. The van der Waals surface area contributed by atoms with Gasteiger partial charge in [0.25, 0.3) is 5.91 Å². The molecular formula is C27H28N4O4. The maximum absolute atomic E-state index is 12.3. The predicted octanol–water partition coefficient (Wildman–Crippen LogP) is 4.03. The van der Waals surface area contributed by atoms with E-state index in [0.29, 0.717) is 17.0 Å². The maximum Gasteiger partial charge on any atom is 0.329 e. The van der Waals surface area contributed by atoms with Crippen molar-refractivity contribution in [1.82, 2.24) is 5.43 Å². The minimum Gasteiger partial charge on any atom is -0.484 e. The van der Waals surface area contributed by atoms with Gasteiger partial charge in [-0.3, -0.25) is 14.4 Å². The standard InChI is InChI=1S/C27H28N4O4/c1-17-8-5-12-23(19(17)3)29-25(32)16-35-22-11-7-10-21(14-22)15-28-31-27(34)26(33)30-24-13-6-9-18(2)20(24)4/h5-15H,16H2,1-4H3,(H,29,32)(H,30,33)(H,31,34)/b28-15-. The monoisotopic (exact) mass is 472 g/mol. The second-order valence-electron chi connectivity index (χ2n) is 8.06. The number of carbonyl (C=O) groups is 3. The van der Waals surface area contributed by atoms with Crippen LogP contribution in [0, 0.1) is 27.7 Å². The van der Waals surface area contributed by atoms with Crippen LogP contribution in [-0.2, 0) is 14.4 Å². The SMILES string of the molecule is Cc1cccc(NC(=O)COc2cccc(/C=N\NC(=O)C(=O)Nc3cccc(C)c3C)c2)c1C. The Labute approximate surface area is 204 Å². The Balaban J connectivity index is 1.51. The van der Waals surface area contributed by atoms with Gasteiger partial charge >= 0.3 is 11.8 Å². The van der Waals surface area contributed by atoms with Gasteiger partial charge in [0, 0.05) is 11.4 Å². The number of ether oxygens (including phenoxy) is 1. The molecule has 35 heavy (non-hydrogen) atoms. The number of benzene rings is 3. The van der Waals surface area contributed by atoms with Crippen LogP contribution >= 0.6 is 0 Å². The zero-order chi connectivity index (χ0) is 25.4. The Kier molecular flexibility index (Phi) is 8.34. The third-order valence-electron chi connectivity index (χ3n) is 5.55. The summed E-state index contributed by atoms with van der Waals surface area (Å²) in [5.74, 6) is -1.52. The second kappa shape index (κ2) is 11.6. The minimum absolute atomic E-state index is 0.163. The molecule has 3 aromatic carbocycles. The first-order valence-electron chi connectivity index (χ1n) is 11.0. The minimum atomic E-state index is -0.891. The van der Waals surface area contributed by atoms with Crippen LogP contribution in [0.2, 0.25) is 0 Å². The molecule has 0 atom stereocenters. The van der Waals surface area contributed by atoms with Crippen molar-refractivity contribution in [2.24, 2.45) is 5.10 Å². The Morgan fingerprint density at radius 2 is 1.40 bits per heavy atom. The number of carbonyl (C=O) groups excluding carboxylic acids is 3. The Morgan fingerprint density at radius 1 is 0.800 bits per heavy atom. The molecular weight excluding hydrogens is 444 g/mol. The fourth-order valence-corrected chi connectivity index (χ4v) is 3.19. The number of nitrogens with zero attached hydrogens (tertiary/aromatic N) is 1. The van der Waals surface area contributed by atoms with Gasteiger partial charge in [0.05, 0.1) is 6.21 Å². The van der Waals surface area contributed by atoms with Crippen LogP contribution in [-0.4, -0.2) is 30.5 Å². The molecule has 180 valence electrons. The lowest BCUT2D eigenvalue weighted by Crippen LogP contribution is -2.32. The van der Waals surface area contributed by atoms with Gasteiger partial charge in [0.15, 0.2) is 6.61 Å². The van der Waals surface area contributed by atoms with E-state index in [2.05, 4.69) is 21.2 Å². The van der Waals surface area contributed by atoms with E-state index in [1.54, 1.807) is 36.4 Å². The molecule has 0 radical (unpaired) electrons. The van der Waals surface area contributed by atoms with Crippen molar-refractivity contribution in [3.05, 3.63) is 88.5 Å². The summed E-state index contributed by atoms with van der Waals surface area (Å²) >= 11 is 0. The molecule has 3 rings (SSSR count). The van der Waals surface area contributed by atoms with E-state index in [9.17, 15) is 14.4 Å². The molecule has 0 fully saturated rings. The van der Waals surface area contributed by atoms with E-state index in [4.69, 9.17) is 4.74 Å². The first-order chi connectivity index (χ1) is 16.7. The quantitative estimate of drug-likeness (QED) is 0.274. The molecule has 0 aliphatic heterocycles. The van der Waals surface area contributed by atoms with E-state index in [1.165, 1.54) is 6.21 Å². The van der Waals surface area contributed by atoms with Gasteiger partial charge in [-0.1, -0.05) is 36.4 Å². The van der Waals surface area contributed by atoms with Gasteiger partial charge in [-0.05, 0) is 79.8 Å². The molecule has 0 aromatic heterocycles. The van der Waals surface area contributed by atoms with Crippen molar-refractivity contribution in [3.8, 4) is 5.75 Å². The molecule has 0 unspecified atom stereocenters. The van der Waals surface area contributed by atoms with Gasteiger partial charge < -0.3 is 15.4 Å². The van der Waals surface area contributed by atoms with E-state index in [0.717, 1.165) is 27.9 Å². The lowest BCUT2D eigenvalue weighted by molar-refractivity contribution is -0.136. The van der Waals surface area contributed by atoms with Crippen molar-refractivity contribution in [1.29, 1.82) is 0 Å². The molecule has 0 aliphatic carbocycles. The highest BCUT2D eigenvalue weighted by molar-refractivity contribution is 6.39. The van der Waals surface area contributed by atoms with Gasteiger partial charge in [0.1, 0.15) is 5.75 Å². The predicted molar refractivity (Wildman–Crippen MR) is 137 cm³/mol. The van der Waals surface area contributed by atoms with Gasteiger partial charge in [-0.25, -0.2) is 5.43 Å². The van der Waals surface area contributed by atoms with E-state index < -0.39 is 11.8 Å². The van der Waals surface area contributed by atoms with Gasteiger partial charge in [-0.2, -0.15) is 5.10 Å². The van der Waals surface area contributed by atoms with Crippen molar-refractivity contribution in [2.45, 2.75) is 27.7 Å². The number of hydrazone groups is 1. The third-order valence-corrected chi connectivity index (χ3v) is 5.55. The van der Waals surface area contributed by atoms with E-state index in [-0.39, 0.29) is 12.5 Å². The summed E-state index contributed by atoms with van der Waals surface area (Å²) < 4.78 is 5.58. The normalized spacial score (nSPS) is 10.6. The topological polar surface area (TPSA) is 109 Å². The maximum atomic E-state index is 12.3. The number of anilines is 2. The number of hydrogen-bond donors (Lipinski definition) is 3. The number of nitrogens with one attached hydrogen (secondary N) is 3. The lowest BCUT2D eigenvalue weighted by atomic mass is 10.1. The summed E-state index contributed by atoms with van der Waals surface area (Å²) in [7, 11) is 0. The lowest BCUT2D eigenvalue weighted by Gasteiger charge is -2.11. The largest absolute Gasteiger partial charge is 0.484 e. The zero-order valence-corrected chi connectivity index (χ0v) is 20.1. The number of aryl methyl sites for hydroxylation is 2. The van der Waals surface area contributed by atoms with Crippen LogP contribution in [0.15, 0.2) is 65.8 Å². The van der Waals surface area contributed by atoms with Crippen molar-refractivity contribution in [3.63, 3.8) is 0 Å². The molecule has 0 aliphatic rings. The van der Waals surface area contributed by atoms with Gasteiger partial charge in [0.2, 0.25) is 0 Å². The zero-order valence-electron chi connectivity index (χ0n) is 20.1. The second-order valence-corrected chi connectivity index (χ2v) is 8.06. The Morgan fingerprint density at radius 3 is 2.06 bits per heavy atom. The number of hydrogen-bond acceptors (Lipinski definition) is 5. The van der Waals surface area contributed by atoms with Crippen LogP contribution in [0.25, 0.3) is 0 Å². The molecule has 0 spiro atoms. The molecule has 0 saturated heterocycles. The third kappa shape index (κ3) is 7.01. The Hall–Kier alpha value is -4.46. The first-order valence-corrected chi connectivity index (χ1v) is 11.0. The fraction of sp³-hybridized carbons (Fsp3) is 0.185. The van der Waals surface area contributed by atoms with Crippen LogP contribution in [0.5, 0.6) is 5.75 Å². The van der Waals surface area contributed by atoms with Crippen molar-refractivity contribution < 1.29 is 19.1 Å². The molecule has 8 heteroatoms. The van der Waals surface area contributed by atoms with Crippen LogP contribution < -0.4 is 20.8 Å². The summed E-state index contributed by atoms with van der Waals surface area (Å²) in [6.07, 6.45) is 1.38. The summed E-state index contributed by atoms with van der Waals surface area (Å²) in [4.78, 5) is 36.5. The van der Waals surface area contributed by atoms with Crippen LogP contribution in [0.1, 0.15) is 27.8 Å². The summed E-state index contributed by atoms with van der Waals surface area (Å²) in [6, 6.07) is 18.0. The molecule has 0 saturated carbocycles. The highest BCUT2D eigenvalue weighted by Crippen LogP contribution is 2.19. The van der Waals surface area contributed by atoms with Crippen LogP contribution in [0.4, 0.5) is 11.4 Å². The van der Waals surface area contributed by atoms with Crippen molar-refractivity contribution >= 4 is 35.3 Å². The highest BCUT2D eigenvalue weighted by atomic mass is 16.5. The molecule has 0 bridgehead atoms. The molecule has 3 aromatic rings. The average Bonchev–Trinajstić information content (AvgIpc) is 2.84. The van der Waals surface area contributed by atoms with Crippen LogP contribution in [0.3, 0.4) is 0 Å². The summed E-state index contributed by atoms with van der Waals surface area (Å²) in [6.45, 7) is 7.55. The fourth-order valence-electron chi connectivity index (χ4n) is 3.19. The highest BCUT2D eigenvalue weighted by Gasteiger charge is 2.14. The van der Waals surface area contributed by atoms with Gasteiger partial charge in [-0.15, -0.1) is 0 Å². The first kappa shape index (κ1) is 25.2. The molecule has 8 nitrogen and oxygen atoms in total. The molecule has 3 amide bonds. The number of amides is 3. The number of rotatable bonds is 7. The molecule has 3 N–H and O–H groups in total. The van der Waals surface area contributed by atoms with E-state index >= 15 is 0 Å². The average molecular weight is 473 g/mol. The summed E-state index contributed by atoms with van der Waals surface area (Å²) in [5, 5.41) is 9.25. The van der Waals surface area contributed by atoms with E-state index in [1.807, 2.05) is 52.0 Å². The summed E-state index contributed by atoms with van der Waals surface area (Å²) in [5.41, 5.74) is 8.12. The van der Waals surface area contributed by atoms with Crippen molar-refractivity contribution in [2.75, 3.05) is 17.2 Å².